The number of aliphatic hydroxyl groups is 1. The van der Waals surface area contributed by atoms with Gasteiger partial charge >= 0.3 is 0 Å². The molecule has 1 atom stereocenters. The molecule has 0 amide bonds. The van der Waals surface area contributed by atoms with Gasteiger partial charge in [0.1, 0.15) is 0 Å². The molecule has 0 aliphatic carbocycles. The Hall–Kier alpha value is -1.65. The maximum Gasteiger partial charge on any atom is 0.225 e. The average molecular weight is 503 g/mol. The van der Waals surface area contributed by atoms with Crippen molar-refractivity contribution < 1.29 is 5.11 Å². The molecule has 27 heavy (non-hydrogen) atoms. The van der Waals surface area contributed by atoms with E-state index in [4.69, 9.17) is 11.6 Å². The highest BCUT2D eigenvalue weighted by molar-refractivity contribution is 14.0. The Bertz CT molecular complexity index is 740. The maximum absolute atomic E-state index is 10.4. The molecule has 1 aromatic carbocycles. The average Bonchev–Trinajstić information content (AvgIpc) is 2.69. The van der Waals surface area contributed by atoms with Gasteiger partial charge in [-0.05, 0) is 23.8 Å². The number of hydrogen-bond donors (Lipinski definition) is 2. The van der Waals surface area contributed by atoms with Gasteiger partial charge in [0.2, 0.25) is 5.95 Å². The highest BCUT2D eigenvalue weighted by Gasteiger charge is 2.21. The second-order valence-electron chi connectivity index (χ2n) is 6.02. The molecule has 2 heterocycles. The lowest BCUT2D eigenvalue weighted by Crippen LogP contribution is -2.53. The summed E-state index contributed by atoms with van der Waals surface area (Å²) in [6.07, 6.45) is 2.86. The molecule has 9 heteroatoms. The molecule has 146 valence electrons. The van der Waals surface area contributed by atoms with Gasteiger partial charge in [0.05, 0.1) is 6.10 Å². The summed E-state index contributed by atoms with van der Waals surface area (Å²) in [4.78, 5) is 17.3. The van der Waals surface area contributed by atoms with E-state index in [1.54, 1.807) is 31.6 Å². The minimum Gasteiger partial charge on any atom is -0.387 e. The number of benzene rings is 1. The summed E-state index contributed by atoms with van der Waals surface area (Å²) < 4.78 is 0. The fourth-order valence-electron chi connectivity index (χ4n) is 2.92. The van der Waals surface area contributed by atoms with Crippen molar-refractivity contribution in [1.29, 1.82) is 0 Å². The van der Waals surface area contributed by atoms with Crippen molar-refractivity contribution in [2.75, 3.05) is 44.7 Å². The highest BCUT2D eigenvalue weighted by atomic mass is 127. The van der Waals surface area contributed by atoms with Crippen molar-refractivity contribution in [2.24, 2.45) is 4.99 Å². The first-order valence-electron chi connectivity index (χ1n) is 8.58. The summed E-state index contributed by atoms with van der Waals surface area (Å²) in [5.41, 5.74) is 0.784. The van der Waals surface area contributed by atoms with Crippen LogP contribution in [0.1, 0.15) is 11.7 Å². The summed E-state index contributed by atoms with van der Waals surface area (Å²) >= 11 is 5.99. The standard InChI is InChI=1S/C18H23ClN6O.HI/c1-20-17(23-13-16(26)14-4-2-5-15(19)12-14)24-8-10-25(11-9-24)18-21-6-3-7-22-18;/h2-7,12,16,26H,8-11,13H2,1H3,(H,20,23);1H. The first-order valence-corrected chi connectivity index (χ1v) is 8.96. The number of nitrogens with zero attached hydrogens (tertiary/aromatic N) is 5. The van der Waals surface area contributed by atoms with Crippen molar-refractivity contribution in [2.45, 2.75) is 6.10 Å². The van der Waals surface area contributed by atoms with E-state index in [1.807, 2.05) is 18.2 Å². The Kier molecular flexibility index (Phi) is 8.52. The lowest BCUT2D eigenvalue weighted by molar-refractivity contribution is 0.179. The van der Waals surface area contributed by atoms with Gasteiger partial charge in [0, 0.05) is 57.2 Å². The topological polar surface area (TPSA) is 76.9 Å². The lowest BCUT2D eigenvalue weighted by Gasteiger charge is -2.36. The summed E-state index contributed by atoms with van der Waals surface area (Å²) in [6.45, 7) is 3.63. The molecule has 1 saturated heterocycles. The minimum atomic E-state index is -0.649. The van der Waals surface area contributed by atoms with E-state index < -0.39 is 6.10 Å². The van der Waals surface area contributed by atoms with Gasteiger partial charge in [-0.25, -0.2) is 9.97 Å². The van der Waals surface area contributed by atoms with Crippen molar-refractivity contribution in [3.8, 4) is 0 Å². The molecule has 1 fully saturated rings. The van der Waals surface area contributed by atoms with E-state index >= 15 is 0 Å². The van der Waals surface area contributed by atoms with Crippen LogP contribution in [0, 0.1) is 0 Å². The molecule has 1 unspecified atom stereocenters. The third-order valence-corrected chi connectivity index (χ3v) is 4.55. The van der Waals surface area contributed by atoms with Gasteiger partial charge in [-0.3, -0.25) is 4.99 Å². The van der Waals surface area contributed by atoms with E-state index in [0.29, 0.717) is 11.6 Å². The molecule has 0 bridgehead atoms. The van der Waals surface area contributed by atoms with Crippen LogP contribution in [0.25, 0.3) is 0 Å². The highest BCUT2D eigenvalue weighted by Crippen LogP contribution is 2.17. The van der Waals surface area contributed by atoms with Crippen LogP contribution < -0.4 is 10.2 Å². The van der Waals surface area contributed by atoms with Crippen molar-refractivity contribution in [1.82, 2.24) is 20.2 Å². The number of aliphatic imine (C=N–C) groups is 1. The van der Waals surface area contributed by atoms with Crippen LogP contribution in [0.2, 0.25) is 5.02 Å². The Balaban J connectivity index is 0.00000261. The largest absolute Gasteiger partial charge is 0.387 e. The van der Waals surface area contributed by atoms with E-state index in [0.717, 1.165) is 43.7 Å². The number of hydrogen-bond acceptors (Lipinski definition) is 5. The van der Waals surface area contributed by atoms with Crippen molar-refractivity contribution in [3.63, 3.8) is 0 Å². The summed E-state index contributed by atoms with van der Waals surface area (Å²) in [5, 5.41) is 14.2. The van der Waals surface area contributed by atoms with Crippen LogP contribution in [-0.2, 0) is 0 Å². The molecule has 7 nitrogen and oxygen atoms in total. The van der Waals surface area contributed by atoms with Crippen molar-refractivity contribution in [3.05, 3.63) is 53.3 Å². The zero-order valence-corrected chi connectivity index (χ0v) is 18.2. The normalized spacial score (nSPS) is 15.9. The zero-order valence-electron chi connectivity index (χ0n) is 15.1. The number of piperazine rings is 1. The summed E-state index contributed by atoms with van der Waals surface area (Å²) in [7, 11) is 1.75. The van der Waals surface area contributed by atoms with Gasteiger partial charge in [0.15, 0.2) is 5.96 Å². The molecular weight excluding hydrogens is 479 g/mol. The lowest BCUT2D eigenvalue weighted by atomic mass is 10.1. The number of aromatic nitrogens is 2. The van der Waals surface area contributed by atoms with E-state index in [9.17, 15) is 5.11 Å². The van der Waals surface area contributed by atoms with Crippen LogP contribution in [0.4, 0.5) is 5.95 Å². The van der Waals surface area contributed by atoms with Crippen LogP contribution in [-0.4, -0.2) is 65.7 Å². The molecule has 0 saturated carbocycles. The van der Waals surface area contributed by atoms with Gasteiger partial charge in [-0.2, -0.15) is 0 Å². The van der Waals surface area contributed by atoms with Gasteiger partial charge in [-0.15, -0.1) is 24.0 Å². The smallest absolute Gasteiger partial charge is 0.225 e. The molecule has 1 aliphatic rings. The fourth-order valence-corrected chi connectivity index (χ4v) is 3.12. The van der Waals surface area contributed by atoms with Crippen molar-refractivity contribution >= 4 is 47.5 Å². The SMILES string of the molecule is CN=C(NCC(O)c1cccc(Cl)c1)N1CCN(c2ncccn2)CC1.I. The van der Waals surface area contributed by atoms with Gasteiger partial charge in [0.25, 0.3) is 0 Å². The number of aliphatic hydroxyl groups excluding tert-OH is 1. The molecule has 0 radical (unpaired) electrons. The first kappa shape index (κ1) is 21.6. The van der Waals surface area contributed by atoms with Crippen LogP contribution in [0.5, 0.6) is 0 Å². The zero-order chi connectivity index (χ0) is 18.4. The summed E-state index contributed by atoms with van der Waals surface area (Å²) in [5.74, 6) is 1.53. The van der Waals surface area contributed by atoms with E-state index in [2.05, 4.69) is 30.1 Å². The quantitative estimate of drug-likeness (QED) is 0.379. The molecule has 2 N–H and O–H groups in total. The van der Waals surface area contributed by atoms with Crippen LogP contribution >= 0.6 is 35.6 Å². The Labute approximate surface area is 181 Å². The second kappa shape index (κ2) is 10.6. The number of nitrogens with one attached hydrogen (secondary N) is 1. The molecular formula is C18H24ClIN6O. The third-order valence-electron chi connectivity index (χ3n) is 4.31. The maximum atomic E-state index is 10.4. The Morgan fingerprint density at radius 3 is 2.56 bits per heavy atom. The predicted molar refractivity (Wildman–Crippen MR) is 119 cm³/mol. The van der Waals surface area contributed by atoms with Crippen LogP contribution in [0.3, 0.4) is 0 Å². The van der Waals surface area contributed by atoms with Gasteiger partial charge in [-0.1, -0.05) is 23.7 Å². The first-order chi connectivity index (χ1) is 12.7. The number of guanidine groups is 1. The predicted octanol–water partition coefficient (Wildman–Crippen LogP) is 2.18. The fraction of sp³-hybridized carbons (Fsp3) is 0.389. The second-order valence-corrected chi connectivity index (χ2v) is 6.46. The van der Waals surface area contributed by atoms with E-state index in [-0.39, 0.29) is 24.0 Å². The third kappa shape index (κ3) is 5.91. The molecule has 3 rings (SSSR count). The summed E-state index contributed by atoms with van der Waals surface area (Å²) in [6, 6.07) is 9.08. The van der Waals surface area contributed by atoms with Crippen LogP contribution in [0.15, 0.2) is 47.7 Å². The Morgan fingerprint density at radius 2 is 1.93 bits per heavy atom. The van der Waals surface area contributed by atoms with Gasteiger partial charge < -0.3 is 20.2 Å². The molecule has 1 aromatic heterocycles. The number of rotatable bonds is 4. The number of halogens is 2. The molecule has 0 spiro atoms. The van der Waals surface area contributed by atoms with E-state index in [1.165, 1.54) is 0 Å². The monoisotopic (exact) mass is 502 g/mol. The molecule has 1 aliphatic heterocycles. The Morgan fingerprint density at radius 1 is 1.22 bits per heavy atom. The number of anilines is 1. The minimum absolute atomic E-state index is 0. The molecule has 2 aromatic rings.